The SMILES string of the molecule is CCC(C)n1c(N)c(CN2CCCCCC2)c(=O)[nH]c1=O. The molecule has 1 aromatic rings. The molecule has 0 aromatic carbocycles. The van der Waals surface area contributed by atoms with Crippen LogP contribution in [0.5, 0.6) is 0 Å². The van der Waals surface area contributed by atoms with Crippen LogP contribution in [0.3, 0.4) is 0 Å². The van der Waals surface area contributed by atoms with Gasteiger partial charge in [-0.1, -0.05) is 19.8 Å². The van der Waals surface area contributed by atoms with Crippen LogP contribution in [-0.4, -0.2) is 27.5 Å². The smallest absolute Gasteiger partial charge is 0.330 e. The highest BCUT2D eigenvalue weighted by Gasteiger charge is 2.18. The van der Waals surface area contributed by atoms with Gasteiger partial charge in [-0.3, -0.25) is 19.2 Å². The summed E-state index contributed by atoms with van der Waals surface area (Å²) in [5.41, 5.74) is 5.90. The van der Waals surface area contributed by atoms with Crippen molar-refractivity contribution >= 4 is 5.82 Å². The molecule has 1 fully saturated rings. The second kappa shape index (κ2) is 6.93. The summed E-state index contributed by atoms with van der Waals surface area (Å²) in [6.07, 6.45) is 5.59. The number of nitrogen functional groups attached to an aromatic ring is 1. The van der Waals surface area contributed by atoms with Crippen LogP contribution < -0.4 is 17.0 Å². The predicted molar refractivity (Wildman–Crippen MR) is 84.5 cm³/mol. The van der Waals surface area contributed by atoms with Crippen molar-refractivity contribution in [2.45, 2.75) is 58.5 Å². The number of H-pyrrole nitrogens is 1. The van der Waals surface area contributed by atoms with Gasteiger partial charge in [-0.05, 0) is 39.3 Å². The minimum absolute atomic E-state index is 0.0165. The minimum Gasteiger partial charge on any atom is -0.385 e. The summed E-state index contributed by atoms with van der Waals surface area (Å²) >= 11 is 0. The van der Waals surface area contributed by atoms with Crippen LogP contribution in [0.15, 0.2) is 9.59 Å². The first kappa shape index (κ1) is 15.8. The Labute approximate surface area is 125 Å². The second-order valence-corrected chi connectivity index (χ2v) is 5.94. The highest BCUT2D eigenvalue weighted by Crippen LogP contribution is 2.17. The molecule has 0 amide bonds. The number of likely N-dealkylation sites (tertiary alicyclic amines) is 1. The third-order valence-corrected chi connectivity index (χ3v) is 4.39. The van der Waals surface area contributed by atoms with Crippen LogP contribution >= 0.6 is 0 Å². The molecule has 1 aliphatic heterocycles. The summed E-state index contributed by atoms with van der Waals surface area (Å²) in [4.78, 5) is 28.8. The quantitative estimate of drug-likeness (QED) is 0.880. The molecule has 1 aliphatic rings. The zero-order valence-electron chi connectivity index (χ0n) is 13.0. The number of hydrogen-bond donors (Lipinski definition) is 2. The number of aromatic nitrogens is 2. The van der Waals surface area contributed by atoms with Crippen molar-refractivity contribution in [3.05, 3.63) is 26.4 Å². The lowest BCUT2D eigenvalue weighted by Gasteiger charge is -2.22. The molecule has 2 heterocycles. The third kappa shape index (κ3) is 3.56. The molecule has 0 saturated carbocycles. The fraction of sp³-hybridized carbons (Fsp3) is 0.733. The molecule has 118 valence electrons. The molecule has 6 heteroatoms. The number of rotatable bonds is 4. The van der Waals surface area contributed by atoms with Crippen molar-refractivity contribution in [3.63, 3.8) is 0 Å². The lowest BCUT2D eigenvalue weighted by molar-refractivity contribution is 0.275. The van der Waals surface area contributed by atoms with E-state index in [0.29, 0.717) is 17.9 Å². The van der Waals surface area contributed by atoms with E-state index in [1.165, 1.54) is 17.4 Å². The third-order valence-electron chi connectivity index (χ3n) is 4.39. The molecule has 1 atom stereocenters. The molecule has 0 bridgehead atoms. The predicted octanol–water partition coefficient (Wildman–Crippen LogP) is 1.47. The van der Waals surface area contributed by atoms with Crippen LogP contribution in [0.2, 0.25) is 0 Å². The Morgan fingerprint density at radius 3 is 2.38 bits per heavy atom. The van der Waals surface area contributed by atoms with Crippen molar-refractivity contribution in [2.75, 3.05) is 18.8 Å². The number of anilines is 1. The monoisotopic (exact) mass is 294 g/mol. The summed E-state index contributed by atoms with van der Waals surface area (Å²) in [7, 11) is 0. The van der Waals surface area contributed by atoms with Gasteiger partial charge in [-0.15, -0.1) is 0 Å². The number of nitrogens with one attached hydrogen (secondary N) is 1. The maximum absolute atomic E-state index is 12.1. The van der Waals surface area contributed by atoms with E-state index in [1.807, 2.05) is 13.8 Å². The van der Waals surface area contributed by atoms with Gasteiger partial charge < -0.3 is 5.73 Å². The van der Waals surface area contributed by atoms with Gasteiger partial charge in [0.2, 0.25) is 0 Å². The van der Waals surface area contributed by atoms with Crippen LogP contribution in [0, 0.1) is 0 Å². The van der Waals surface area contributed by atoms with E-state index in [1.54, 1.807) is 0 Å². The maximum atomic E-state index is 12.1. The van der Waals surface area contributed by atoms with Crippen molar-refractivity contribution in [1.29, 1.82) is 0 Å². The average molecular weight is 294 g/mol. The summed E-state index contributed by atoms with van der Waals surface area (Å²) in [6.45, 7) is 6.43. The zero-order chi connectivity index (χ0) is 15.4. The summed E-state index contributed by atoms with van der Waals surface area (Å²) in [6, 6.07) is -0.0165. The van der Waals surface area contributed by atoms with Gasteiger partial charge in [-0.2, -0.15) is 0 Å². The topological polar surface area (TPSA) is 84.1 Å². The van der Waals surface area contributed by atoms with Crippen LogP contribution in [-0.2, 0) is 6.54 Å². The number of hydrogen-bond acceptors (Lipinski definition) is 4. The number of nitrogens with two attached hydrogens (primary N) is 1. The number of nitrogens with zero attached hydrogens (tertiary/aromatic N) is 2. The van der Waals surface area contributed by atoms with Crippen LogP contribution in [0.1, 0.15) is 57.6 Å². The van der Waals surface area contributed by atoms with Crippen molar-refractivity contribution in [2.24, 2.45) is 0 Å². The summed E-state index contributed by atoms with van der Waals surface area (Å²) in [5.74, 6) is 0.322. The van der Waals surface area contributed by atoms with E-state index in [0.717, 1.165) is 32.4 Å². The van der Waals surface area contributed by atoms with Crippen molar-refractivity contribution < 1.29 is 0 Å². The van der Waals surface area contributed by atoms with E-state index in [2.05, 4.69) is 9.88 Å². The van der Waals surface area contributed by atoms with E-state index in [-0.39, 0.29) is 11.6 Å². The van der Waals surface area contributed by atoms with Crippen molar-refractivity contribution in [1.82, 2.24) is 14.5 Å². The van der Waals surface area contributed by atoms with Gasteiger partial charge in [0.15, 0.2) is 0 Å². The van der Waals surface area contributed by atoms with E-state index in [9.17, 15) is 9.59 Å². The number of aromatic amines is 1. The molecule has 0 spiro atoms. The molecule has 0 aliphatic carbocycles. The standard InChI is InChI=1S/C15H26N4O2/c1-3-11(2)19-13(16)12(14(20)17-15(19)21)10-18-8-6-4-5-7-9-18/h11H,3-10,16H2,1-2H3,(H,17,20,21). The maximum Gasteiger partial charge on any atom is 0.330 e. The molecule has 1 saturated heterocycles. The van der Waals surface area contributed by atoms with Gasteiger partial charge in [0, 0.05) is 12.6 Å². The van der Waals surface area contributed by atoms with Gasteiger partial charge in [0.05, 0.1) is 5.56 Å². The highest BCUT2D eigenvalue weighted by atomic mass is 16.2. The Balaban J connectivity index is 2.34. The molecule has 21 heavy (non-hydrogen) atoms. The van der Waals surface area contributed by atoms with E-state index >= 15 is 0 Å². The Morgan fingerprint density at radius 1 is 1.19 bits per heavy atom. The van der Waals surface area contributed by atoms with Gasteiger partial charge in [-0.25, -0.2) is 4.79 Å². The molecule has 2 rings (SSSR count). The van der Waals surface area contributed by atoms with E-state index in [4.69, 9.17) is 5.73 Å². The van der Waals surface area contributed by atoms with Crippen LogP contribution in [0.25, 0.3) is 0 Å². The van der Waals surface area contributed by atoms with Gasteiger partial charge >= 0.3 is 5.69 Å². The Hall–Kier alpha value is -1.56. The summed E-state index contributed by atoms with van der Waals surface area (Å²) < 4.78 is 1.51. The fourth-order valence-electron chi connectivity index (χ4n) is 2.89. The Morgan fingerprint density at radius 2 is 1.81 bits per heavy atom. The molecule has 1 unspecified atom stereocenters. The molecule has 0 radical (unpaired) electrons. The molecule has 6 nitrogen and oxygen atoms in total. The summed E-state index contributed by atoms with van der Waals surface area (Å²) in [5, 5.41) is 0. The highest BCUT2D eigenvalue weighted by molar-refractivity contribution is 5.38. The Bertz CT molecular complexity index is 582. The molecular weight excluding hydrogens is 268 g/mol. The zero-order valence-corrected chi connectivity index (χ0v) is 13.0. The first-order chi connectivity index (χ1) is 10.0. The average Bonchev–Trinajstić information content (AvgIpc) is 2.71. The second-order valence-electron chi connectivity index (χ2n) is 5.94. The van der Waals surface area contributed by atoms with Gasteiger partial charge in [0.25, 0.3) is 5.56 Å². The first-order valence-corrected chi connectivity index (χ1v) is 7.90. The normalized spacial score (nSPS) is 18.4. The Kier molecular flexibility index (Phi) is 5.22. The van der Waals surface area contributed by atoms with Crippen LogP contribution in [0.4, 0.5) is 5.82 Å². The fourth-order valence-corrected chi connectivity index (χ4v) is 2.89. The first-order valence-electron chi connectivity index (χ1n) is 7.90. The van der Waals surface area contributed by atoms with E-state index < -0.39 is 5.69 Å². The lowest BCUT2D eigenvalue weighted by Crippen LogP contribution is -2.38. The molecule has 1 aromatic heterocycles. The lowest BCUT2D eigenvalue weighted by atomic mass is 10.2. The minimum atomic E-state index is -0.411. The molecular formula is C15H26N4O2. The van der Waals surface area contributed by atoms with Gasteiger partial charge in [0.1, 0.15) is 5.82 Å². The largest absolute Gasteiger partial charge is 0.385 e. The molecule has 3 N–H and O–H groups in total. The van der Waals surface area contributed by atoms with Crippen molar-refractivity contribution in [3.8, 4) is 0 Å².